The van der Waals surface area contributed by atoms with Gasteiger partial charge in [-0.25, -0.2) is 15.0 Å². The minimum atomic E-state index is -4.51. The number of amidine groups is 2. The lowest BCUT2D eigenvalue weighted by molar-refractivity contribution is -0.141. The van der Waals surface area contributed by atoms with Gasteiger partial charge in [0.25, 0.3) is 0 Å². The van der Waals surface area contributed by atoms with Crippen LogP contribution in [0.25, 0.3) is 0 Å². The molecule has 3 aliphatic rings. The van der Waals surface area contributed by atoms with E-state index in [-0.39, 0.29) is 17.8 Å². The second kappa shape index (κ2) is 13.6. The average Bonchev–Trinajstić information content (AvgIpc) is 2.89. The Labute approximate surface area is 225 Å². The highest BCUT2D eigenvalue weighted by Crippen LogP contribution is 2.29. The number of hydrogen-bond donors (Lipinski definition) is 3. The summed E-state index contributed by atoms with van der Waals surface area (Å²) in [5, 5.41) is 7.12. The molecular formula is C26H33ClF3N7O. The number of nitrogens with one attached hydrogen (secondary N) is 2. The van der Waals surface area contributed by atoms with Crippen LogP contribution in [-0.2, 0) is 10.9 Å². The van der Waals surface area contributed by atoms with Crippen LogP contribution in [0, 0.1) is 0 Å². The van der Waals surface area contributed by atoms with Crippen molar-refractivity contribution < 1.29 is 17.9 Å². The van der Waals surface area contributed by atoms with Gasteiger partial charge >= 0.3 is 6.18 Å². The quantitative estimate of drug-likeness (QED) is 0.494. The average molecular weight is 552 g/mol. The van der Waals surface area contributed by atoms with Gasteiger partial charge in [0.15, 0.2) is 0 Å². The van der Waals surface area contributed by atoms with E-state index in [4.69, 9.17) is 22.1 Å². The van der Waals surface area contributed by atoms with E-state index in [2.05, 4.69) is 30.5 Å². The maximum Gasteiger partial charge on any atom is 0.433 e. The number of alkyl halides is 3. The molecule has 12 heteroatoms. The monoisotopic (exact) mass is 551 g/mol. The molecule has 4 rings (SSSR count). The lowest BCUT2D eigenvalue weighted by Gasteiger charge is -2.32. The predicted molar refractivity (Wildman–Crippen MR) is 145 cm³/mol. The molecule has 1 aromatic heterocycles. The van der Waals surface area contributed by atoms with Crippen LogP contribution in [0.5, 0.6) is 0 Å². The maximum atomic E-state index is 12.9. The third-order valence-electron chi connectivity index (χ3n) is 5.67. The highest BCUT2D eigenvalue weighted by Gasteiger charge is 2.32. The number of halogens is 4. The summed E-state index contributed by atoms with van der Waals surface area (Å²) in [6.07, 6.45) is 5.72. The van der Waals surface area contributed by atoms with Crippen LogP contribution in [-0.4, -0.2) is 59.9 Å². The Morgan fingerprint density at radius 2 is 2.13 bits per heavy atom. The molecule has 1 unspecified atom stereocenters. The molecule has 0 amide bonds. The molecule has 4 heterocycles. The number of nitrogens with zero attached hydrogens (tertiary/aromatic N) is 4. The van der Waals surface area contributed by atoms with Gasteiger partial charge < -0.3 is 21.1 Å². The molecule has 0 bridgehead atoms. The van der Waals surface area contributed by atoms with Gasteiger partial charge in [0.1, 0.15) is 17.4 Å². The SMILES string of the molecule is CC.C[C@H]1CN(CC2=NC(=Nc3ccc(C(F)(F)F)nc3)C/C(=C\C(=C/N)C3NC=CC=C3Cl)N2)CCO1. The number of rotatable bonds is 5. The van der Waals surface area contributed by atoms with E-state index >= 15 is 0 Å². The van der Waals surface area contributed by atoms with Crippen molar-refractivity contribution in [2.45, 2.75) is 45.5 Å². The fraction of sp³-hybridized carbons (Fsp3) is 0.423. The van der Waals surface area contributed by atoms with E-state index in [9.17, 15) is 13.2 Å². The van der Waals surface area contributed by atoms with E-state index in [1.165, 1.54) is 12.3 Å². The normalized spacial score (nSPS) is 24.7. The van der Waals surface area contributed by atoms with Crippen LogP contribution in [0.4, 0.5) is 18.9 Å². The van der Waals surface area contributed by atoms with E-state index in [1.54, 1.807) is 18.4 Å². The summed E-state index contributed by atoms with van der Waals surface area (Å²) in [5.41, 5.74) is 6.74. The molecule has 38 heavy (non-hydrogen) atoms. The van der Waals surface area contributed by atoms with Crippen LogP contribution in [0.3, 0.4) is 0 Å². The van der Waals surface area contributed by atoms with E-state index < -0.39 is 11.9 Å². The fourth-order valence-electron chi connectivity index (χ4n) is 4.02. The minimum Gasteiger partial charge on any atom is -0.404 e. The number of aromatic nitrogens is 1. The number of hydrogen-bond acceptors (Lipinski definition) is 7. The molecule has 1 fully saturated rings. The van der Waals surface area contributed by atoms with Crippen molar-refractivity contribution >= 4 is 29.0 Å². The Hall–Kier alpha value is -3.15. The predicted octanol–water partition coefficient (Wildman–Crippen LogP) is 4.60. The molecule has 0 aromatic carbocycles. The molecule has 3 aliphatic heterocycles. The first-order chi connectivity index (χ1) is 18.2. The molecule has 0 saturated carbocycles. The number of nitrogens with two attached hydrogens (primary N) is 1. The van der Waals surface area contributed by atoms with Crippen LogP contribution < -0.4 is 16.4 Å². The minimum absolute atomic E-state index is 0.107. The summed E-state index contributed by atoms with van der Waals surface area (Å²) in [6, 6.07) is 1.88. The van der Waals surface area contributed by atoms with Crippen LogP contribution >= 0.6 is 11.6 Å². The molecule has 0 aliphatic carbocycles. The molecular weight excluding hydrogens is 519 g/mol. The van der Waals surface area contributed by atoms with Crippen molar-refractivity contribution in [3.63, 3.8) is 0 Å². The number of allylic oxidation sites excluding steroid dienone is 2. The van der Waals surface area contributed by atoms with Crippen LogP contribution in [0.2, 0.25) is 0 Å². The number of pyridine rings is 1. The molecule has 0 spiro atoms. The summed E-state index contributed by atoms with van der Waals surface area (Å²) < 4.78 is 44.3. The van der Waals surface area contributed by atoms with Gasteiger partial charge in [0.05, 0.1) is 37.2 Å². The fourth-order valence-corrected chi connectivity index (χ4v) is 4.28. The summed E-state index contributed by atoms with van der Waals surface area (Å²) in [4.78, 5) is 14.8. The van der Waals surface area contributed by atoms with E-state index in [0.29, 0.717) is 36.3 Å². The van der Waals surface area contributed by atoms with Gasteiger partial charge in [-0.05, 0) is 55.3 Å². The summed E-state index contributed by atoms with van der Waals surface area (Å²) >= 11 is 6.37. The first-order valence-electron chi connectivity index (χ1n) is 12.4. The van der Waals surface area contributed by atoms with Crippen LogP contribution in [0.15, 0.2) is 75.2 Å². The molecule has 1 aromatic rings. The lowest BCUT2D eigenvalue weighted by Crippen LogP contribution is -2.47. The second-order valence-electron chi connectivity index (χ2n) is 8.55. The topological polar surface area (TPSA) is 100 Å². The van der Waals surface area contributed by atoms with Gasteiger partial charge in [0, 0.05) is 30.2 Å². The Morgan fingerprint density at radius 1 is 1.34 bits per heavy atom. The Kier molecular flexibility index (Phi) is 10.5. The molecule has 4 N–H and O–H groups in total. The molecule has 1 saturated heterocycles. The van der Waals surface area contributed by atoms with Gasteiger partial charge in [-0.15, -0.1) is 0 Å². The number of ether oxygens (including phenoxy) is 1. The highest BCUT2D eigenvalue weighted by atomic mass is 35.5. The summed E-state index contributed by atoms with van der Waals surface area (Å²) in [6.45, 7) is 8.68. The second-order valence-corrected chi connectivity index (χ2v) is 8.99. The summed E-state index contributed by atoms with van der Waals surface area (Å²) in [5.74, 6) is 1.10. The number of dihydropyridines is 1. The number of morpholine rings is 1. The van der Waals surface area contributed by atoms with Gasteiger partial charge in [-0.1, -0.05) is 25.4 Å². The van der Waals surface area contributed by atoms with Gasteiger partial charge in [0.2, 0.25) is 0 Å². The Balaban J connectivity index is 0.00000195. The van der Waals surface area contributed by atoms with Gasteiger partial charge in [-0.2, -0.15) is 13.2 Å². The first kappa shape index (κ1) is 29.4. The molecule has 8 nitrogen and oxygen atoms in total. The Morgan fingerprint density at radius 3 is 2.76 bits per heavy atom. The molecule has 0 radical (unpaired) electrons. The zero-order chi connectivity index (χ0) is 27.7. The van der Waals surface area contributed by atoms with E-state index in [1.807, 2.05) is 26.8 Å². The van der Waals surface area contributed by atoms with Crippen molar-refractivity contribution in [3.05, 3.63) is 71.0 Å². The lowest BCUT2D eigenvalue weighted by atomic mass is 10.0. The third kappa shape index (κ3) is 8.17. The smallest absolute Gasteiger partial charge is 0.404 e. The first-order valence-corrected chi connectivity index (χ1v) is 12.8. The third-order valence-corrected chi connectivity index (χ3v) is 6.01. The number of aliphatic imine (C=N–C) groups is 2. The van der Waals surface area contributed by atoms with Crippen LogP contribution in [0.1, 0.15) is 32.9 Å². The van der Waals surface area contributed by atoms with E-state index in [0.717, 1.165) is 36.6 Å². The van der Waals surface area contributed by atoms with Crippen molar-refractivity contribution in [1.82, 2.24) is 20.5 Å². The van der Waals surface area contributed by atoms with Crippen molar-refractivity contribution in [1.29, 1.82) is 0 Å². The standard InChI is InChI=1S/C24H27ClF3N7O.C2H6/c1-15-13-35(7-8-36-15)14-22-33-18(9-16(11-29)23-19(25)3-2-6-30-23)10-21(34-22)32-17-4-5-20(31-12-17)24(26,27)28;1-2/h2-6,9,11-12,15,23,30H,7-8,10,13-14,29H2,1H3,(H,32,33,34);1-2H3/b16-11+,18-9+;/t15-,23?;/m0./s1. The summed E-state index contributed by atoms with van der Waals surface area (Å²) in [7, 11) is 0. The Bertz CT molecular complexity index is 1140. The largest absolute Gasteiger partial charge is 0.433 e. The van der Waals surface area contributed by atoms with Gasteiger partial charge in [-0.3, -0.25) is 4.90 Å². The zero-order valence-electron chi connectivity index (χ0n) is 21.6. The molecule has 206 valence electrons. The van der Waals surface area contributed by atoms with Crippen molar-refractivity contribution in [3.8, 4) is 0 Å². The van der Waals surface area contributed by atoms with Crippen molar-refractivity contribution in [2.75, 3.05) is 26.2 Å². The van der Waals surface area contributed by atoms with Crippen molar-refractivity contribution in [2.24, 2.45) is 15.7 Å². The maximum absolute atomic E-state index is 12.9. The highest BCUT2D eigenvalue weighted by molar-refractivity contribution is 6.30. The molecule has 2 atom stereocenters. The zero-order valence-corrected chi connectivity index (χ0v) is 22.4.